The van der Waals surface area contributed by atoms with Crippen molar-refractivity contribution in [1.29, 1.82) is 0 Å². The van der Waals surface area contributed by atoms with Crippen molar-refractivity contribution in [3.63, 3.8) is 0 Å². The summed E-state index contributed by atoms with van der Waals surface area (Å²) in [5, 5.41) is 4.04. The fourth-order valence-corrected chi connectivity index (χ4v) is 1.43. The second-order valence-electron chi connectivity index (χ2n) is 3.60. The van der Waals surface area contributed by atoms with E-state index in [1.165, 1.54) is 0 Å². The Bertz CT molecular complexity index is 492. The fraction of sp³-hybridized carbons (Fsp3) is 0.273. The lowest BCUT2D eigenvalue weighted by Crippen LogP contribution is -1.99. The summed E-state index contributed by atoms with van der Waals surface area (Å²) in [4.78, 5) is 3.99. The van der Waals surface area contributed by atoms with E-state index < -0.39 is 0 Å². The van der Waals surface area contributed by atoms with Gasteiger partial charge in [0.05, 0.1) is 0 Å². The highest BCUT2D eigenvalue weighted by Crippen LogP contribution is 2.20. The molecular formula is C11H14N4O. The van der Waals surface area contributed by atoms with E-state index in [1.54, 1.807) is 18.1 Å². The monoisotopic (exact) mass is 218 g/mol. The summed E-state index contributed by atoms with van der Waals surface area (Å²) in [6, 6.07) is 6.10. The van der Waals surface area contributed by atoms with Crippen LogP contribution in [-0.4, -0.2) is 14.8 Å². The van der Waals surface area contributed by atoms with Crippen LogP contribution in [0.4, 0.5) is 0 Å². The molecule has 0 saturated heterocycles. The standard InChI is InChI=1S/C11H14N4O/c1-8-5-10(4-3-9(8)6-12)16-11-13-7-15(2)14-11/h3-5,7H,6,12H2,1-2H3. The number of benzene rings is 1. The number of nitrogens with two attached hydrogens (primary N) is 1. The van der Waals surface area contributed by atoms with E-state index in [0.717, 1.165) is 16.9 Å². The number of hydrogen-bond donors (Lipinski definition) is 1. The molecule has 1 aromatic heterocycles. The molecule has 0 saturated carbocycles. The average Bonchev–Trinajstić information content (AvgIpc) is 2.64. The minimum absolute atomic E-state index is 0.349. The molecular weight excluding hydrogens is 204 g/mol. The topological polar surface area (TPSA) is 66.0 Å². The first-order valence-electron chi connectivity index (χ1n) is 5.02. The van der Waals surface area contributed by atoms with Crippen LogP contribution < -0.4 is 10.5 Å². The molecule has 2 rings (SSSR count). The molecule has 0 radical (unpaired) electrons. The van der Waals surface area contributed by atoms with Crippen LogP contribution in [0.5, 0.6) is 11.8 Å². The zero-order valence-electron chi connectivity index (χ0n) is 9.34. The lowest BCUT2D eigenvalue weighted by molar-refractivity contribution is 0.438. The van der Waals surface area contributed by atoms with Crippen molar-refractivity contribution in [2.75, 3.05) is 0 Å². The second kappa shape index (κ2) is 4.32. The van der Waals surface area contributed by atoms with E-state index in [2.05, 4.69) is 10.1 Å². The van der Waals surface area contributed by atoms with E-state index in [9.17, 15) is 0 Å². The quantitative estimate of drug-likeness (QED) is 0.845. The molecule has 0 unspecified atom stereocenters. The van der Waals surface area contributed by atoms with Crippen LogP contribution in [0, 0.1) is 6.92 Å². The van der Waals surface area contributed by atoms with Crippen molar-refractivity contribution in [2.45, 2.75) is 13.5 Å². The third-order valence-electron chi connectivity index (χ3n) is 2.32. The van der Waals surface area contributed by atoms with Crippen LogP contribution in [0.3, 0.4) is 0 Å². The maximum Gasteiger partial charge on any atom is 0.340 e. The molecule has 2 N–H and O–H groups in total. The van der Waals surface area contributed by atoms with Crippen molar-refractivity contribution in [1.82, 2.24) is 14.8 Å². The highest BCUT2D eigenvalue weighted by molar-refractivity contribution is 5.35. The molecule has 0 aliphatic heterocycles. The first-order valence-corrected chi connectivity index (χ1v) is 5.02. The number of hydrogen-bond acceptors (Lipinski definition) is 4. The summed E-state index contributed by atoms with van der Waals surface area (Å²) in [6.07, 6.45) is 1.59. The van der Waals surface area contributed by atoms with Gasteiger partial charge in [0.1, 0.15) is 12.1 Å². The lowest BCUT2D eigenvalue weighted by atomic mass is 10.1. The summed E-state index contributed by atoms with van der Waals surface area (Å²) in [7, 11) is 1.79. The Kier molecular flexibility index (Phi) is 2.87. The van der Waals surface area contributed by atoms with Crippen LogP contribution in [0.15, 0.2) is 24.5 Å². The van der Waals surface area contributed by atoms with Crippen LogP contribution in [0.1, 0.15) is 11.1 Å². The molecule has 0 spiro atoms. The Labute approximate surface area is 93.9 Å². The summed E-state index contributed by atoms with van der Waals surface area (Å²) in [5.41, 5.74) is 7.81. The van der Waals surface area contributed by atoms with Gasteiger partial charge in [0.25, 0.3) is 0 Å². The molecule has 0 bridgehead atoms. The first-order chi connectivity index (χ1) is 7.69. The van der Waals surface area contributed by atoms with Crippen LogP contribution >= 0.6 is 0 Å². The highest BCUT2D eigenvalue weighted by atomic mass is 16.5. The molecule has 0 fully saturated rings. The van der Waals surface area contributed by atoms with E-state index in [1.807, 2.05) is 25.1 Å². The predicted molar refractivity (Wildman–Crippen MR) is 60.1 cm³/mol. The Morgan fingerprint density at radius 2 is 2.25 bits per heavy atom. The van der Waals surface area contributed by atoms with E-state index in [0.29, 0.717) is 12.6 Å². The van der Waals surface area contributed by atoms with Crippen molar-refractivity contribution < 1.29 is 4.74 Å². The minimum Gasteiger partial charge on any atom is -0.423 e. The SMILES string of the molecule is Cc1cc(Oc2ncn(C)n2)ccc1CN. The minimum atomic E-state index is 0.349. The van der Waals surface area contributed by atoms with Crippen LogP contribution in [0.25, 0.3) is 0 Å². The molecule has 1 heterocycles. The normalized spacial score (nSPS) is 10.4. The third kappa shape index (κ3) is 2.20. The zero-order valence-corrected chi connectivity index (χ0v) is 9.34. The van der Waals surface area contributed by atoms with Gasteiger partial charge in [0, 0.05) is 13.6 Å². The predicted octanol–water partition coefficient (Wildman–Crippen LogP) is 1.37. The fourth-order valence-electron chi connectivity index (χ4n) is 1.43. The summed E-state index contributed by atoms with van der Waals surface area (Å²) >= 11 is 0. The molecule has 0 amide bonds. The number of nitrogens with zero attached hydrogens (tertiary/aromatic N) is 3. The van der Waals surface area contributed by atoms with Gasteiger partial charge in [0.2, 0.25) is 0 Å². The highest BCUT2D eigenvalue weighted by Gasteiger charge is 2.03. The maximum atomic E-state index is 5.59. The van der Waals surface area contributed by atoms with Gasteiger partial charge in [-0.05, 0) is 30.2 Å². The molecule has 0 atom stereocenters. The molecule has 0 aliphatic carbocycles. The van der Waals surface area contributed by atoms with Crippen LogP contribution in [0.2, 0.25) is 0 Å². The summed E-state index contributed by atoms with van der Waals surface area (Å²) < 4.78 is 7.09. The molecule has 5 heteroatoms. The lowest BCUT2D eigenvalue weighted by Gasteiger charge is -2.05. The number of ether oxygens (including phenoxy) is 1. The first kappa shape index (κ1) is 10.6. The van der Waals surface area contributed by atoms with Gasteiger partial charge >= 0.3 is 6.01 Å². The molecule has 5 nitrogen and oxygen atoms in total. The Balaban J connectivity index is 2.19. The van der Waals surface area contributed by atoms with Gasteiger partial charge in [0.15, 0.2) is 0 Å². The summed E-state index contributed by atoms with van der Waals surface area (Å²) in [5.74, 6) is 0.723. The second-order valence-corrected chi connectivity index (χ2v) is 3.60. The van der Waals surface area contributed by atoms with Gasteiger partial charge in [-0.15, -0.1) is 5.10 Å². The smallest absolute Gasteiger partial charge is 0.340 e. The molecule has 16 heavy (non-hydrogen) atoms. The Morgan fingerprint density at radius 3 is 2.81 bits per heavy atom. The van der Waals surface area contributed by atoms with Gasteiger partial charge < -0.3 is 10.5 Å². The van der Waals surface area contributed by atoms with Gasteiger partial charge in [-0.25, -0.2) is 0 Å². The largest absolute Gasteiger partial charge is 0.423 e. The number of aromatic nitrogens is 3. The zero-order chi connectivity index (χ0) is 11.5. The number of rotatable bonds is 3. The van der Waals surface area contributed by atoms with E-state index >= 15 is 0 Å². The van der Waals surface area contributed by atoms with Gasteiger partial charge in [-0.2, -0.15) is 4.98 Å². The van der Waals surface area contributed by atoms with Gasteiger partial charge in [-0.3, -0.25) is 4.68 Å². The maximum absolute atomic E-state index is 5.59. The molecule has 0 aliphatic rings. The van der Waals surface area contributed by atoms with Crippen molar-refractivity contribution in [3.8, 4) is 11.8 Å². The Morgan fingerprint density at radius 1 is 1.44 bits per heavy atom. The van der Waals surface area contributed by atoms with Crippen molar-refractivity contribution >= 4 is 0 Å². The molecule has 84 valence electrons. The van der Waals surface area contributed by atoms with Crippen LogP contribution in [-0.2, 0) is 13.6 Å². The van der Waals surface area contributed by atoms with E-state index in [4.69, 9.17) is 10.5 Å². The van der Waals surface area contributed by atoms with Crippen molar-refractivity contribution in [2.24, 2.45) is 12.8 Å². The molecule has 2 aromatic rings. The molecule has 1 aromatic carbocycles. The van der Waals surface area contributed by atoms with Gasteiger partial charge in [-0.1, -0.05) is 6.07 Å². The average molecular weight is 218 g/mol. The van der Waals surface area contributed by atoms with Crippen molar-refractivity contribution in [3.05, 3.63) is 35.7 Å². The third-order valence-corrected chi connectivity index (χ3v) is 2.32. The Hall–Kier alpha value is -1.88. The van der Waals surface area contributed by atoms with E-state index in [-0.39, 0.29) is 0 Å². The summed E-state index contributed by atoms with van der Waals surface area (Å²) in [6.45, 7) is 2.54. The number of aryl methyl sites for hydroxylation is 2.